The maximum atomic E-state index is 0. The zero-order chi connectivity index (χ0) is 0. The molecule has 0 aliphatic rings. The normalized spacial score (nSPS) is 0. The average Bonchev–Trinajstić information content (AvgIpc) is 0. The molecular weight excluding hydrogens is 140 g/mol. The quantitative estimate of drug-likeness (QED) is 0.354. The van der Waals surface area contributed by atoms with E-state index in [9.17, 15) is 0 Å². The van der Waals surface area contributed by atoms with Crippen LogP contribution in [0, 0.1) is 0 Å². The van der Waals surface area contributed by atoms with Gasteiger partial charge in [-0.05, 0) is 0 Å². The van der Waals surface area contributed by atoms with Crippen molar-refractivity contribution in [2.45, 2.75) is 0 Å². The Morgan fingerprint density at radius 3 is 0.667 bits per heavy atom. The Bertz CT molecular complexity index is 7.51. The molecule has 38 valence electrons. The van der Waals surface area contributed by atoms with E-state index in [-0.39, 0.29) is 62.3 Å². The van der Waals surface area contributed by atoms with Gasteiger partial charge in [0.2, 0.25) is 0 Å². The third kappa shape index (κ3) is 67.9. The van der Waals surface area contributed by atoms with Crippen molar-refractivity contribution < 1.29 is 39.3 Å². The molecule has 0 aromatic carbocycles. The van der Waals surface area contributed by atoms with Crippen molar-refractivity contribution in [3.8, 4) is 0 Å². The van der Waals surface area contributed by atoms with Gasteiger partial charge < -0.3 is 21.9 Å². The van der Waals surface area contributed by atoms with Crippen molar-refractivity contribution in [3.63, 3.8) is 0 Å². The molecular formula is H6CrMgO4. The van der Waals surface area contributed by atoms with Crippen molar-refractivity contribution >= 4 is 23.1 Å². The van der Waals surface area contributed by atoms with Crippen LogP contribution < -0.4 is 0 Å². The smallest absolute Gasteiger partial charge is 0.870 e. The Kier molecular flexibility index (Phi) is 4320. The summed E-state index contributed by atoms with van der Waals surface area (Å²) in [6.45, 7) is 0. The molecule has 0 radical (unpaired) electrons. The fourth-order valence-electron chi connectivity index (χ4n) is 0. The summed E-state index contributed by atoms with van der Waals surface area (Å²) in [6.07, 6.45) is 0. The van der Waals surface area contributed by atoms with Crippen molar-refractivity contribution in [1.82, 2.24) is 0 Å². The van der Waals surface area contributed by atoms with Gasteiger partial charge in [0, 0.05) is 17.4 Å². The Morgan fingerprint density at radius 2 is 0.667 bits per heavy atom. The van der Waals surface area contributed by atoms with Crippen LogP contribution in [0.5, 0.6) is 0 Å². The minimum Gasteiger partial charge on any atom is -0.870 e. The third-order valence-corrected chi connectivity index (χ3v) is 0. The molecule has 0 saturated carbocycles. The summed E-state index contributed by atoms with van der Waals surface area (Å²) < 4.78 is 0. The van der Waals surface area contributed by atoms with Gasteiger partial charge in [0.05, 0.1) is 0 Å². The molecule has 0 saturated heterocycles. The summed E-state index contributed by atoms with van der Waals surface area (Å²) in [5.41, 5.74) is 0. The van der Waals surface area contributed by atoms with Crippen LogP contribution in [0.4, 0.5) is 0 Å². The zero-order valence-corrected chi connectivity index (χ0v) is 5.70. The van der Waals surface area contributed by atoms with E-state index in [2.05, 4.69) is 0 Å². The molecule has 0 atom stereocenters. The molecule has 0 aromatic rings. The van der Waals surface area contributed by atoms with Crippen LogP contribution in [0.3, 0.4) is 0 Å². The second kappa shape index (κ2) is 125. The van der Waals surface area contributed by atoms with Crippen LogP contribution >= 0.6 is 0 Å². The van der Waals surface area contributed by atoms with Gasteiger partial charge in [-0.25, -0.2) is 0 Å². The van der Waals surface area contributed by atoms with Gasteiger partial charge in [-0.2, -0.15) is 0 Å². The Balaban J connectivity index is 0. The maximum absolute atomic E-state index is 0. The van der Waals surface area contributed by atoms with E-state index >= 15 is 0 Å². The van der Waals surface area contributed by atoms with Gasteiger partial charge in [0.25, 0.3) is 0 Å². The van der Waals surface area contributed by atoms with Crippen LogP contribution in [0.2, 0.25) is 0 Å². The van der Waals surface area contributed by atoms with Gasteiger partial charge in [0.1, 0.15) is 0 Å². The van der Waals surface area contributed by atoms with Crippen molar-refractivity contribution in [2.24, 2.45) is 0 Å². The van der Waals surface area contributed by atoms with Crippen molar-refractivity contribution in [3.05, 3.63) is 0 Å². The van der Waals surface area contributed by atoms with Gasteiger partial charge in [-0.15, -0.1) is 0 Å². The minimum atomic E-state index is 0. The molecule has 4 nitrogen and oxygen atoms in total. The fourth-order valence-corrected chi connectivity index (χ4v) is 0. The largest absolute Gasteiger partial charge is 2.00 e. The molecule has 0 bridgehead atoms. The predicted molar refractivity (Wildman–Crippen MR) is 16.9 cm³/mol. The Hall–Kier alpha value is 1.14. The second-order valence-corrected chi connectivity index (χ2v) is 0. The number of rotatable bonds is 0. The number of hydrogen-bond acceptors (Lipinski definition) is 2. The van der Waals surface area contributed by atoms with Gasteiger partial charge in [-0.1, -0.05) is 0 Å². The first-order valence-corrected chi connectivity index (χ1v) is 0. The zero-order valence-electron chi connectivity index (χ0n) is 3.01. The molecule has 0 amide bonds. The van der Waals surface area contributed by atoms with E-state index in [1.165, 1.54) is 0 Å². The Morgan fingerprint density at radius 1 is 0.667 bits per heavy atom. The fraction of sp³-hybridized carbons (Fsp3) is 0. The van der Waals surface area contributed by atoms with Gasteiger partial charge in [0.15, 0.2) is 0 Å². The van der Waals surface area contributed by atoms with Crippen LogP contribution in [0.25, 0.3) is 0 Å². The molecule has 0 aliphatic heterocycles. The molecule has 0 unspecified atom stereocenters. The second-order valence-electron chi connectivity index (χ2n) is 0. The van der Waals surface area contributed by atoms with E-state index in [0.717, 1.165) is 0 Å². The summed E-state index contributed by atoms with van der Waals surface area (Å²) in [5, 5.41) is 0. The SMILES string of the molecule is O.O.[Cr].[Mg+2].[OH-].[OH-]. The third-order valence-electron chi connectivity index (χ3n) is 0. The molecule has 0 spiro atoms. The molecule has 0 fully saturated rings. The first-order valence-electron chi connectivity index (χ1n) is 0. The van der Waals surface area contributed by atoms with E-state index in [4.69, 9.17) is 0 Å². The molecule has 0 aromatic heterocycles. The van der Waals surface area contributed by atoms with Gasteiger partial charge in [-0.3, -0.25) is 0 Å². The van der Waals surface area contributed by atoms with Crippen LogP contribution in [0.15, 0.2) is 0 Å². The maximum Gasteiger partial charge on any atom is 2.00 e. The topological polar surface area (TPSA) is 123 Å². The van der Waals surface area contributed by atoms with E-state index in [0.29, 0.717) is 0 Å². The summed E-state index contributed by atoms with van der Waals surface area (Å²) >= 11 is 0. The van der Waals surface area contributed by atoms with Crippen LogP contribution in [-0.2, 0) is 17.4 Å². The number of hydrogen-bond donors (Lipinski definition) is 0. The summed E-state index contributed by atoms with van der Waals surface area (Å²) in [7, 11) is 0. The first kappa shape index (κ1) is 207. The average molecular weight is 146 g/mol. The van der Waals surface area contributed by atoms with Crippen LogP contribution in [0.1, 0.15) is 0 Å². The first-order chi connectivity index (χ1) is 0. The van der Waals surface area contributed by atoms with Crippen molar-refractivity contribution in [2.75, 3.05) is 0 Å². The van der Waals surface area contributed by atoms with Gasteiger partial charge >= 0.3 is 23.1 Å². The summed E-state index contributed by atoms with van der Waals surface area (Å²) in [6, 6.07) is 0. The predicted octanol–water partition coefficient (Wildman–Crippen LogP) is -2.39. The monoisotopic (exact) mass is 146 g/mol. The van der Waals surface area contributed by atoms with E-state index in [1.807, 2.05) is 0 Å². The summed E-state index contributed by atoms with van der Waals surface area (Å²) in [4.78, 5) is 0. The molecule has 6 N–H and O–H groups in total. The molecule has 0 rings (SSSR count). The summed E-state index contributed by atoms with van der Waals surface area (Å²) in [5.74, 6) is 0. The Labute approximate surface area is 62.4 Å². The molecule has 6 heavy (non-hydrogen) atoms. The minimum absolute atomic E-state index is 0. The molecule has 6 heteroatoms. The van der Waals surface area contributed by atoms with E-state index in [1.54, 1.807) is 0 Å². The van der Waals surface area contributed by atoms with Crippen LogP contribution in [-0.4, -0.2) is 45.0 Å². The molecule has 0 heterocycles. The molecule has 0 aliphatic carbocycles. The van der Waals surface area contributed by atoms with E-state index < -0.39 is 0 Å². The van der Waals surface area contributed by atoms with Crippen molar-refractivity contribution in [1.29, 1.82) is 0 Å². The standard InChI is InChI=1S/Cr.Mg.4H2O/h;;4*1H2/q;+2;;;;/p-2.